The van der Waals surface area contributed by atoms with Crippen molar-refractivity contribution < 1.29 is 0 Å². The van der Waals surface area contributed by atoms with Gasteiger partial charge in [-0.05, 0) is 0 Å². The van der Waals surface area contributed by atoms with Gasteiger partial charge in [-0.15, -0.1) is 0 Å². The molecule has 0 amide bonds. The molecule has 1 rings (SSSR count). The van der Waals surface area contributed by atoms with Crippen LogP contribution >= 0.6 is 15.9 Å². The third kappa shape index (κ3) is 3.76. The Morgan fingerprint density at radius 2 is 2.00 bits per heavy atom. The van der Waals surface area contributed by atoms with E-state index in [0.29, 0.717) is 15.0 Å². The molecule has 0 saturated heterocycles. The van der Waals surface area contributed by atoms with Gasteiger partial charge in [-0.3, -0.25) is 0 Å². The molecule has 0 nitrogen and oxygen atoms in total. The Morgan fingerprint density at radius 3 is 2.55 bits per heavy atom. The molecule has 0 aromatic heterocycles. The zero-order chi connectivity index (χ0) is 8.10. The van der Waals surface area contributed by atoms with E-state index < -0.39 is 0 Å². The van der Waals surface area contributed by atoms with E-state index in [1.165, 1.54) is 4.46 Å². The molecular weight excluding hydrogens is 267 g/mol. The van der Waals surface area contributed by atoms with Gasteiger partial charge in [0.1, 0.15) is 0 Å². The average molecular weight is 276 g/mol. The van der Waals surface area contributed by atoms with Crippen molar-refractivity contribution in [2.75, 3.05) is 0 Å². The Bertz CT molecular complexity index is 231. The van der Waals surface area contributed by atoms with Crippen molar-refractivity contribution in [1.29, 1.82) is 0 Å². The second-order valence-corrected chi connectivity index (χ2v) is 5.44. The second kappa shape index (κ2) is 4.76. The maximum atomic E-state index is 3.80. The topological polar surface area (TPSA) is 0 Å². The third-order valence-electron chi connectivity index (χ3n) is 1.14. The Morgan fingerprint density at radius 1 is 1.36 bits per heavy atom. The summed E-state index contributed by atoms with van der Waals surface area (Å²) in [4.78, 5) is 0. The van der Waals surface area contributed by atoms with Crippen molar-refractivity contribution >= 4 is 35.3 Å². The number of hydrogen-bond acceptors (Lipinski definition) is 0. The van der Waals surface area contributed by atoms with Crippen LogP contribution < -0.4 is 4.46 Å². The van der Waals surface area contributed by atoms with Crippen molar-refractivity contribution in [2.45, 2.75) is 5.32 Å². The molecule has 0 atom stereocenters. The van der Waals surface area contributed by atoms with Crippen LogP contribution in [0, 0.1) is 0 Å². The second-order valence-electron chi connectivity index (χ2n) is 2.12. The molecule has 0 N–H and O–H groups in total. The van der Waals surface area contributed by atoms with Gasteiger partial charge in [0.05, 0.1) is 0 Å². The molecule has 0 aliphatic carbocycles. The molecule has 1 aromatic rings. The molecule has 0 fully saturated rings. The van der Waals surface area contributed by atoms with Crippen LogP contribution in [0.1, 0.15) is 0 Å². The first-order valence-electron chi connectivity index (χ1n) is 3.30. The van der Waals surface area contributed by atoms with Gasteiger partial charge in [-0.25, -0.2) is 0 Å². The molecule has 0 aliphatic rings. The molecular formula is C9H9BrSe. The molecule has 0 bridgehead atoms. The number of benzene rings is 1. The van der Waals surface area contributed by atoms with Crippen LogP contribution in [-0.4, -0.2) is 15.0 Å². The van der Waals surface area contributed by atoms with Gasteiger partial charge in [-0.2, -0.15) is 0 Å². The summed E-state index contributed by atoms with van der Waals surface area (Å²) in [6.45, 7) is 3.80. The van der Waals surface area contributed by atoms with Crippen molar-refractivity contribution in [3.05, 3.63) is 41.4 Å². The van der Waals surface area contributed by atoms with Crippen LogP contribution in [0.15, 0.2) is 41.4 Å². The zero-order valence-electron chi connectivity index (χ0n) is 6.09. The minimum atomic E-state index is 0.543. The SMILES string of the molecule is C=C(Br)C[Se]c1ccccc1. The Hall–Kier alpha value is -0.0405. The van der Waals surface area contributed by atoms with E-state index in [9.17, 15) is 0 Å². The fourth-order valence-electron chi connectivity index (χ4n) is 0.678. The van der Waals surface area contributed by atoms with Crippen molar-refractivity contribution in [2.24, 2.45) is 0 Å². The summed E-state index contributed by atoms with van der Waals surface area (Å²) in [5.41, 5.74) is 0. The standard InChI is InChI=1S/C9H9BrSe/c1-8(10)7-11-9-5-3-2-4-6-9/h2-6H,1,7H2. The van der Waals surface area contributed by atoms with Crippen LogP contribution in [0.2, 0.25) is 5.32 Å². The number of halogens is 1. The molecule has 0 heterocycles. The predicted octanol–water partition coefficient (Wildman–Crippen LogP) is 2.34. The minimum absolute atomic E-state index is 0.543. The Kier molecular flexibility index (Phi) is 3.92. The van der Waals surface area contributed by atoms with Gasteiger partial charge in [0, 0.05) is 0 Å². The first kappa shape index (κ1) is 9.05. The molecule has 58 valence electrons. The van der Waals surface area contributed by atoms with Crippen molar-refractivity contribution in [1.82, 2.24) is 0 Å². The molecule has 0 spiro atoms. The predicted molar refractivity (Wildman–Crippen MR) is 54.7 cm³/mol. The van der Waals surface area contributed by atoms with E-state index in [1.54, 1.807) is 0 Å². The average Bonchev–Trinajstić information content (AvgIpc) is 2.03. The summed E-state index contributed by atoms with van der Waals surface area (Å²) in [6.07, 6.45) is 0. The van der Waals surface area contributed by atoms with Gasteiger partial charge >= 0.3 is 82.1 Å². The summed E-state index contributed by atoms with van der Waals surface area (Å²) in [5.74, 6) is 0. The molecule has 2 heteroatoms. The molecule has 0 saturated carbocycles. The van der Waals surface area contributed by atoms with Gasteiger partial charge < -0.3 is 0 Å². The first-order chi connectivity index (χ1) is 5.29. The molecule has 0 unspecified atom stereocenters. The van der Waals surface area contributed by atoms with Crippen LogP contribution in [-0.2, 0) is 0 Å². The fourth-order valence-corrected chi connectivity index (χ4v) is 2.68. The van der Waals surface area contributed by atoms with Crippen LogP contribution in [0.5, 0.6) is 0 Å². The summed E-state index contributed by atoms with van der Waals surface area (Å²) in [5, 5.41) is 1.08. The van der Waals surface area contributed by atoms with Gasteiger partial charge in [0.25, 0.3) is 0 Å². The number of hydrogen-bond donors (Lipinski definition) is 0. The summed E-state index contributed by atoms with van der Waals surface area (Å²) >= 11 is 3.90. The Labute approximate surface area is 82.0 Å². The Balaban J connectivity index is 2.45. The molecule has 0 radical (unpaired) electrons. The molecule has 1 aromatic carbocycles. The van der Waals surface area contributed by atoms with Crippen LogP contribution in [0.3, 0.4) is 0 Å². The van der Waals surface area contributed by atoms with Gasteiger partial charge in [0.15, 0.2) is 0 Å². The van der Waals surface area contributed by atoms with E-state index in [2.05, 4.69) is 46.8 Å². The number of allylic oxidation sites excluding steroid dienone is 1. The summed E-state index contributed by atoms with van der Waals surface area (Å²) in [7, 11) is 0. The number of rotatable bonds is 3. The third-order valence-corrected chi connectivity index (χ3v) is 4.56. The monoisotopic (exact) mass is 276 g/mol. The summed E-state index contributed by atoms with van der Waals surface area (Å²) in [6, 6.07) is 10.5. The van der Waals surface area contributed by atoms with Crippen molar-refractivity contribution in [3.63, 3.8) is 0 Å². The van der Waals surface area contributed by atoms with Crippen molar-refractivity contribution in [3.8, 4) is 0 Å². The van der Waals surface area contributed by atoms with E-state index in [4.69, 9.17) is 0 Å². The maximum absolute atomic E-state index is 3.80. The summed E-state index contributed by atoms with van der Waals surface area (Å²) < 4.78 is 2.53. The van der Waals surface area contributed by atoms with E-state index in [1.807, 2.05) is 6.07 Å². The zero-order valence-corrected chi connectivity index (χ0v) is 9.39. The van der Waals surface area contributed by atoms with E-state index in [0.717, 1.165) is 9.80 Å². The van der Waals surface area contributed by atoms with Gasteiger partial charge in [0.2, 0.25) is 0 Å². The molecule has 11 heavy (non-hydrogen) atoms. The van der Waals surface area contributed by atoms with Crippen LogP contribution in [0.4, 0.5) is 0 Å². The van der Waals surface area contributed by atoms with E-state index in [-0.39, 0.29) is 0 Å². The van der Waals surface area contributed by atoms with Crippen LogP contribution in [0.25, 0.3) is 0 Å². The quantitative estimate of drug-likeness (QED) is 0.743. The normalized spacial score (nSPS) is 9.55. The fraction of sp³-hybridized carbons (Fsp3) is 0.111. The van der Waals surface area contributed by atoms with E-state index >= 15 is 0 Å². The molecule has 0 aliphatic heterocycles. The first-order valence-corrected chi connectivity index (χ1v) is 6.16. The van der Waals surface area contributed by atoms with Gasteiger partial charge in [-0.1, -0.05) is 0 Å².